The summed E-state index contributed by atoms with van der Waals surface area (Å²) in [6.07, 6.45) is 4.35. The lowest BCUT2D eigenvalue weighted by Gasteiger charge is -2.12. The topological polar surface area (TPSA) is 58.2 Å². The van der Waals surface area contributed by atoms with E-state index in [0.29, 0.717) is 11.1 Å². The monoisotopic (exact) mass is 326 g/mol. The van der Waals surface area contributed by atoms with Crippen LogP contribution in [0.25, 0.3) is 0 Å². The highest BCUT2D eigenvalue weighted by Crippen LogP contribution is 2.18. The summed E-state index contributed by atoms with van der Waals surface area (Å²) in [4.78, 5) is 24.3. The van der Waals surface area contributed by atoms with Gasteiger partial charge in [-0.2, -0.15) is 0 Å². The van der Waals surface area contributed by atoms with E-state index in [1.165, 1.54) is 12.1 Å². The maximum Gasteiger partial charge on any atom is 0.255 e. The average molecular weight is 326 g/mol. The van der Waals surface area contributed by atoms with Crippen molar-refractivity contribution in [3.63, 3.8) is 0 Å². The maximum atomic E-state index is 13.6. The number of carbonyl (C=O) groups excluding carboxylic acids is 2. The molecule has 0 atom stereocenters. The molecule has 0 radical (unpaired) electrons. The molecule has 2 aromatic carbocycles. The number of carbonyl (C=O) groups is 2. The van der Waals surface area contributed by atoms with Crippen molar-refractivity contribution in [2.24, 2.45) is 0 Å². The van der Waals surface area contributed by atoms with Gasteiger partial charge in [0.2, 0.25) is 0 Å². The van der Waals surface area contributed by atoms with Crippen molar-refractivity contribution < 1.29 is 14.0 Å². The van der Waals surface area contributed by atoms with Crippen molar-refractivity contribution >= 4 is 17.5 Å². The smallest absolute Gasteiger partial charge is 0.255 e. The zero-order chi connectivity index (χ0) is 16.9. The number of benzene rings is 2. The minimum atomic E-state index is -0.488. The zero-order valence-corrected chi connectivity index (χ0v) is 13.2. The molecule has 0 heterocycles. The van der Waals surface area contributed by atoms with E-state index in [4.69, 9.17) is 0 Å². The molecule has 1 aliphatic carbocycles. The third-order valence-electron chi connectivity index (χ3n) is 4.22. The number of amides is 2. The predicted molar refractivity (Wildman–Crippen MR) is 90.5 cm³/mol. The van der Waals surface area contributed by atoms with Gasteiger partial charge in [-0.3, -0.25) is 9.59 Å². The van der Waals surface area contributed by atoms with Gasteiger partial charge >= 0.3 is 0 Å². The molecule has 0 bridgehead atoms. The molecule has 2 N–H and O–H groups in total. The Kier molecular flexibility index (Phi) is 4.89. The Balaban J connectivity index is 1.64. The van der Waals surface area contributed by atoms with Crippen molar-refractivity contribution in [3.05, 3.63) is 65.5 Å². The molecule has 1 aliphatic rings. The van der Waals surface area contributed by atoms with Crippen molar-refractivity contribution in [2.45, 2.75) is 31.7 Å². The molecule has 1 fully saturated rings. The summed E-state index contributed by atoms with van der Waals surface area (Å²) in [7, 11) is 0. The molecule has 0 spiro atoms. The summed E-state index contributed by atoms with van der Waals surface area (Å²) in [6, 6.07) is 12.6. The molecule has 5 heteroatoms. The first-order chi connectivity index (χ1) is 11.6. The normalized spacial score (nSPS) is 14.4. The lowest BCUT2D eigenvalue weighted by Crippen LogP contribution is -2.32. The fourth-order valence-corrected chi connectivity index (χ4v) is 2.87. The molecule has 4 nitrogen and oxygen atoms in total. The van der Waals surface area contributed by atoms with Crippen LogP contribution >= 0.6 is 0 Å². The number of hydrogen-bond donors (Lipinski definition) is 2. The summed E-state index contributed by atoms with van der Waals surface area (Å²) < 4.78 is 13.6. The minimum absolute atomic E-state index is 0.122. The SMILES string of the molecule is O=C(Nc1ccccc1F)c1ccc(C(=O)NC2CCCC2)cc1. The van der Waals surface area contributed by atoms with Crippen molar-refractivity contribution in [2.75, 3.05) is 5.32 Å². The van der Waals surface area contributed by atoms with Gasteiger partial charge in [-0.1, -0.05) is 25.0 Å². The summed E-state index contributed by atoms with van der Waals surface area (Å²) in [5.41, 5.74) is 1.02. The third-order valence-corrected chi connectivity index (χ3v) is 4.22. The Morgan fingerprint density at radius 1 is 0.875 bits per heavy atom. The number of nitrogens with one attached hydrogen (secondary N) is 2. The van der Waals surface area contributed by atoms with Gasteiger partial charge in [0.05, 0.1) is 5.69 Å². The maximum absolute atomic E-state index is 13.6. The molecule has 0 unspecified atom stereocenters. The van der Waals surface area contributed by atoms with Gasteiger partial charge in [0.25, 0.3) is 11.8 Å². The Morgan fingerprint density at radius 2 is 1.46 bits per heavy atom. The van der Waals surface area contributed by atoms with Crippen LogP contribution in [-0.2, 0) is 0 Å². The van der Waals surface area contributed by atoms with Crippen LogP contribution in [0.3, 0.4) is 0 Å². The molecule has 2 amide bonds. The van der Waals surface area contributed by atoms with E-state index in [9.17, 15) is 14.0 Å². The molecular weight excluding hydrogens is 307 g/mol. The highest BCUT2D eigenvalue weighted by molar-refractivity contribution is 6.05. The first-order valence-corrected chi connectivity index (χ1v) is 8.10. The van der Waals surface area contributed by atoms with E-state index >= 15 is 0 Å². The van der Waals surface area contributed by atoms with Gasteiger partial charge in [-0.15, -0.1) is 0 Å². The molecule has 0 aliphatic heterocycles. The first-order valence-electron chi connectivity index (χ1n) is 8.10. The van der Waals surface area contributed by atoms with Gasteiger partial charge in [0.15, 0.2) is 0 Å². The Hall–Kier alpha value is -2.69. The predicted octanol–water partition coefficient (Wildman–Crippen LogP) is 3.75. The lowest BCUT2D eigenvalue weighted by molar-refractivity contribution is 0.0936. The minimum Gasteiger partial charge on any atom is -0.349 e. The Labute approximate surface area is 140 Å². The van der Waals surface area contributed by atoms with Crippen LogP contribution in [0, 0.1) is 5.82 Å². The van der Waals surface area contributed by atoms with Gasteiger partial charge in [-0.25, -0.2) is 4.39 Å². The summed E-state index contributed by atoms with van der Waals surface area (Å²) in [5, 5.41) is 5.52. The molecule has 0 saturated heterocycles. The van der Waals surface area contributed by atoms with Gasteiger partial charge < -0.3 is 10.6 Å². The molecule has 0 aromatic heterocycles. The standard InChI is InChI=1S/C19H19FN2O2/c20-16-7-3-4-8-17(16)22-19(24)14-11-9-13(10-12-14)18(23)21-15-5-1-2-6-15/h3-4,7-12,15H,1-2,5-6H2,(H,21,23)(H,22,24). The van der Waals surface area contributed by atoms with Crippen LogP contribution in [-0.4, -0.2) is 17.9 Å². The van der Waals surface area contributed by atoms with Crippen molar-refractivity contribution in [1.29, 1.82) is 0 Å². The average Bonchev–Trinajstić information content (AvgIpc) is 3.10. The quantitative estimate of drug-likeness (QED) is 0.899. The Morgan fingerprint density at radius 3 is 2.08 bits per heavy atom. The Bertz CT molecular complexity index is 737. The molecule has 3 rings (SSSR count). The van der Waals surface area contributed by atoms with Crippen LogP contribution in [0.4, 0.5) is 10.1 Å². The number of para-hydroxylation sites is 1. The van der Waals surface area contributed by atoms with E-state index in [1.807, 2.05) is 0 Å². The molecule has 1 saturated carbocycles. The van der Waals surface area contributed by atoms with Crippen LogP contribution in [0.5, 0.6) is 0 Å². The van der Waals surface area contributed by atoms with Gasteiger partial charge in [-0.05, 0) is 49.2 Å². The summed E-state index contributed by atoms with van der Waals surface area (Å²) in [5.74, 6) is -1.02. The molecular formula is C19H19FN2O2. The second-order valence-electron chi connectivity index (χ2n) is 5.97. The largest absolute Gasteiger partial charge is 0.349 e. The summed E-state index contributed by atoms with van der Waals surface area (Å²) >= 11 is 0. The van der Waals surface area contributed by atoms with E-state index in [-0.39, 0.29) is 17.6 Å². The second kappa shape index (κ2) is 7.25. The van der Waals surface area contributed by atoms with Crippen LogP contribution in [0.1, 0.15) is 46.4 Å². The highest BCUT2D eigenvalue weighted by atomic mass is 19.1. The number of anilines is 1. The van der Waals surface area contributed by atoms with E-state index in [1.54, 1.807) is 36.4 Å². The first kappa shape index (κ1) is 16.2. The number of rotatable bonds is 4. The molecule has 2 aromatic rings. The van der Waals surface area contributed by atoms with Gasteiger partial charge in [0, 0.05) is 17.2 Å². The summed E-state index contributed by atoms with van der Waals surface area (Å²) in [6.45, 7) is 0. The van der Waals surface area contributed by atoms with Crippen LogP contribution in [0.2, 0.25) is 0 Å². The van der Waals surface area contributed by atoms with Gasteiger partial charge in [0.1, 0.15) is 5.82 Å². The highest BCUT2D eigenvalue weighted by Gasteiger charge is 2.18. The lowest BCUT2D eigenvalue weighted by atomic mass is 10.1. The third kappa shape index (κ3) is 3.79. The van der Waals surface area contributed by atoms with Crippen LogP contribution in [0.15, 0.2) is 48.5 Å². The number of halogens is 1. The molecule has 124 valence electrons. The van der Waals surface area contributed by atoms with Crippen molar-refractivity contribution in [3.8, 4) is 0 Å². The van der Waals surface area contributed by atoms with Crippen molar-refractivity contribution in [1.82, 2.24) is 5.32 Å². The van der Waals surface area contributed by atoms with E-state index < -0.39 is 11.7 Å². The van der Waals surface area contributed by atoms with Crippen LogP contribution < -0.4 is 10.6 Å². The zero-order valence-electron chi connectivity index (χ0n) is 13.2. The number of hydrogen-bond acceptors (Lipinski definition) is 2. The van der Waals surface area contributed by atoms with E-state index in [0.717, 1.165) is 25.7 Å². The fourth-order valence-electron chi connectivity index (χ4n) is 2.87. The fraction of sp³-hybridized carbons (Fsp3) is 0.263. The molecule has 24 heavy (non-hydrogen) atoms. The second-order valence-corrected chi connectivity index (χ2v) is 5.97. The van der Waals surface area contributed by atoms with E-state index in [2.05, 4.69) is 10.6 Å².